The molecule has 0 saturated carbocycles. The monoisotopic (exact) mass is 209 g/mol. The molecule has 0 fully saturated rings. The Morgan fingerprint density at radius 1 is 1.36 bits per heavy atom. The lowest BCUT2D eigenvalue weighted by Crippen LogP contribution is -1.82. The summed E-state index contributed by atoms with van der Waals surface area (Å²) in [5, 5.41) is 7.37. The van der Waals surface area contributed by atoms with Crippen molar-refractivity contribution in [1.29, 1.82) is 0 Å². The highest BCUT2D eigenvalue weighted by atomic mass is 35.5. The van der Waals surface area contributed by atoms with Crippen LogP contribution in [0.3, 0.4) is 0 Å². The lowest BCUT2D eigenvalue weighted by Gasteiger charge is -1.93. The molecule has 5 heteroatoms. The van der Waals surface area contributed by atoms with Crippen LogP contribution < -0.4 is 0 Å². The zero-order valence-electron chi connectivity index (χ0n) is 7.51. The van der Waals surface area contributed by atoms with E-state index >= 15 is 0 Å². The lowest BCUT2D eigenvalue weighted by atomic mass is 10.3. The number of pyridine rings is 1. The van der Waals surface area contributed by atoms with Crippen molar-refractivity contribution in [1.82, 2.24) is 15.2 Å². The zero-order valence-corrected chi connectivity index (χ0v) is 8.27. The number of aromatic nitrogens is 3. The van der Waals surface area contributed by atoms with Crippen molar-refractivity contribution in [2.75, 3.05) is 0 Å². The Bertz CT molecular complexity index is 413. The van der Waals surface area contributed by atoms with Crippen LogP contribution in [0, 0.1) is 0 Å². The van der Waals surface area contributed by atoms with Gasteiger partial charge < -0.3 is 4.42 Å². The van der Waals surface area contributed by atoms with Crippen molar-refractivity contribution in [3.8, 4) is 11.6 Å². The second-order valence-electron chi connectivity index (χ2n) is 2.78. The quantitative estimate of drug-likeness (QED) is 0.713. The topological polar surface area (TPSA) is 51.8 Å². The maximum atomic E-state index is 5.79. The molecule has 2 rings (SSSR count). The molecule has 0 amide bonds. The first-order valence-corrected chi connectivity index (χ1v) is 4.60. The summed E-state index contributed by atoms with van der Waals surface area (Å²) in [5.74, 6) is 0.806. The first-order valence-electron chi connectivity index (χ1n) is 4.16. The molecule has 0 aliphatic heterocycles. The fourth-order valence-electron chi connectivity index (χ4n) is 0.988. The average Bonchev–Trinajstić information content (AvgIpc) is 2.68. The SMILES string of the molecule is CC(Cl)c1nnc(-c2ccccn2)o1. The van der Waals surface area contributed by atoms with E-state index in [0.717, 1.165) is 0 Å². The predicted molar refractivity (Wildman–Crippen MR) is 51.8 cm³/mol. The van der Waals surface area contributed by atoms with Crippen molar-refractivity contribution in [3.05, 3.63) is 30.3 Å². The molecule has 0 aromatic carbocycles. The first-order chi connectivity index (χ1) is 6.77. The third-order valence-electron chi connectivity index (χ3n) is 1.66. The Labute approximate surface area is 85.9 Å². The smallest absolute Gasteiger partial charge is 0.266 e. The van der Waals surface area contributed by atoms with E-state index < -0.39 is 0 Å². The van der Waals surface area contributed by atoms with Gasteiger partial charge in [-0.1, -0.05) is 6.07 Å². The minimum Gasteiger partial charge on any atom is -0.418 e. The number of rotatable bonds is 2. The predicted octanol–water partition coefficient (Wildman–Crippen LogP) is 2.43. The molecule has 0 N–H and O–H groups in total. The van der Waals surface area contributed by atoms with Gasteiger partial charge in [-0.15, -0.1) is 21.8 Å². The summed E-state index contributed by atoms with van der Waals surface area (Å²) in [5.41, 5.74) is 0.656. The summed E-state index contributed by atoms with van der Waals surface area (Å²) >= 11 is 5.79. The highest BCUT2D eigenvalue weighted by Crippen LogP contribution is 2.21. The fraction of sp³-hybridized carbons (Fsp3) is 0.222. The van der Waals surface area contributed by atoms with Crippen molar-refractivity contribution < 1.29 is 4.42 Å². The van der Waals surface area contributed by atoms with Crippen LogP contribution in [0.1, 0.15) is 18.2 Å². The van der Waals surface area contributed by atoms with Gasteiger partial charge in [0.25, 0.3) is 5.89 Å². The Morgan fingerprint density at radius 2 is 2.21 bits per heavy atom. The molecule has 1 atom stereocenters. The van der Waals surface area contributed by atoms with Gasteiger partial charge >= 0.3 is 0 Å². The number of halogens is 1. The van der Waals surface area contributed by atoms with Gasteiger partial charge in [-0.2, -0.15) is 0 Å². The number of hydrogen-bond acceptors (Lipinski definition) is 4. The van der Waals surface area contributed by atoms with E-state index in [1.165, 1.54) is 0 Å². The molecule has 4 nitrogen and oxygen atoms in total. The summed E-state index contributed by atoms with van der Waals surface area (Å²) in [6.45, 7) is 1.78. The summed E-state index contributed by atoms with van der Waals surface area (Å²) in [4.78, 5) is 4.08. The summed E-state index contributed by atoms with van der Waals surface area (Å²) in [6, 6.07) is 5.48. The van der Waals surface area contributed by atoms with Crippen LogP contribution in [0.5, 0.6) is 0 Å². The van der Waals surface area contributed by atoms with Gasteiger partial charge in [-0.25, -0.2) is 0 Å². The van der Waals surface area contributed by atoms with Gasteiger partial charge in [0.15, 0.2) is 0 Å². The molecule has 2 aromatic rings. The van der Waals surface area contributed by atoms with Gasteiger partial charge in [0, 0.05) is 6.20 Å². The molecule has 2 aromatic heterocycles. The molecule has 0 radical (unpaired) electrons. The molecular formula is C9H8ClN3O. The molecular weight excluding hydrogens is 202 g/mol. The van der Waals surface area contributed by atoms with Gasteiger partial charge in [-0.3, -0.25) is 4.98 Å². The molecule has 0 bridgehead atoms. The van der Waals surface area contributed by atoms with Crippen LogP contribution in [0.15, 0.2) is 28.8 Å². The molecule has 0 spiro atoms. The third-order valence-corrected chi connectivity index (χ3v) is 1.85. The first kappa shape index (κ1) is 9.15. The Morgan fingerprint density at radius 3 is 2.79 bits per heavy atom. The standard InChI is InChI=1S/C9H8ClN3O/c1-6(10)8-12-13-9(14-8)7-4-2-3-5-11-7/h2-6H,1H3. The third kappa shape index (κ3) is 1.75. The van der Waals surface area contributed by atoms with Gasteiger partial charge in [0.2, 0.25) is 5.89 Å². The van der Waals surface area contributed by atoms with Gasteiger partial charge in [0.05, 0.1) is 0 Å². The normalized spacial score (nSPS) is 12.7. The van der Waals surface area contributed by atoms with E-state index in [9.17, 15) is 0 Å². The highest BCUT2D eigenvalue weighted by molar-refractivity contribution is 6.20. The minimum atomic E-state index is -0.278. The van der Waals surface area contributed by atoms with E-state index in [-0.39, 0.29) is 5.38 Å². The number of nitrogens with zero attached hydrogens (tertiary/aromatic N) is 3. The van der Waals surface area contributed by atoms with Gasteiger partial charge in [-0.05, 0) is 19.1 Å². The van der Waals surface area contributed by atoms with Crippen molar-refractivity contribution in [2.45, 2.75) is 12.3 Å². The van der Waals surface area contributed by atoms with Crippen LogP contribution >= 0.6 is 11.6 Å². The summed E-state index contributed by atoms with van der Waals surface area (Å²) in [7, 11) is 0. The van der Waals surface area contributed by atoms with Crippen molar-refractivity contribution >= 4 is 11.6 Å². The maximum Gasteiger partial charge on any atom is 0.266 e. The number of alkyl halides is 1. The Hall–Kier alpha value is -1.42. The highest BCUT2D eigenvalue weighted by Gasteiger charge is 2.12. The van der Waals surface area contributed by atoms with Crippen molar-refractivity contribution in [2.24, 2.45) is 0 Å². The van der Waals surface area contributed by atoms with E-state index in [1.54, 1.807) is 19.2 Å². The largest absolute Gasteiger partial charge is 0.418 e. The van der Waals surface area contributed by atoms with Crippen LogP contribution in [-0.4, -0.2) is 15.2 Å². The van der Waals surface area contributed by atoms with Crippen LogP contribution in [0.2, 0.25) is 0 Å². The van der Waals surface area contributed by atoms with E-state index in [1.807, 2.05) is 12.1 Å². The lowest BCUT2D eigenvalue weighted by molar-refractivity contribution is 0.505. The molecule has 2 heterocycles. The minimum absolute atomic E-state index is 0.278. The van der Waals surface area contributed by atoms with E-state index in [4.69, 9.17) is 16.0 Å². The van der Waals surface area contributed by atoms with Crippen LogP contribution in [0.25, 0.3) is 11.6 Å². The van der Waals surface area contributed by atoms with E-state index in [2.05, 4.69) is 15.2 Å². The second kappa shape index (κ2) is 3.75. The second-order valence-corrected chi connectivity index (χ2v) is 3.43. The molecule has 72 valence electrons. The Balaban J connectivity index is 2.34. The zero-order chi connectivity index (χ0) is 9.97. The molecule has 0 aliphatic rings. The van der Waals surface area contributed by atoms with E-state index in [0.29, 0.717) is 17.5 Å². The number of hydrogen-bond donors (Lipinski definition) is 0. The van der Waals surface area contributed by atoms with Crippen LogP contribution in [-0.2, 0) is 0 Å². The van der Waals surface area contributed by atoms with Crippen LogP contribution in [0.4, 0.5) is 0 Å². The molecule has 0 aliphatic carbocycles. The molecule has 14 heavy (non-hydrogen) atoms. The molecule has 0 saturated heterocycles. The maximum absolute atomic E-state index is 5.79. The summed E-state index contributed by atoms with van der Waals surface area (Å²) in [6.07, 6.45) is 1.67. The fourth-order valence-corrected chi connectivity index (χ4v) is 1.08. The van der Waals surface area contributed by atoms with Crippen molar-refractivity contribution in [3.63, 3.8) is 0 Å². The molecule has 1 unspecified atom stereocenters. The van der Waals surface area contributed by atoms with Gasteiger partial charge in [0.1, 0.15) is 11.1 Å². The average molecular weight is 210 g/mol. The summed E-state index contributed by atoms with van der Waals surface area (Å²) < 4.78 is 5.31. The Kier molecular flexibility index (Phi) is 2.45.